The van der Waals surface area contributed by atoms with Gasteiger partial charge in [0.1, 0.15) is 11.2 Å². The summed E-state index contributed by atoms with van der Waals surface area (Å²) < 4.78 is 6.12. The Hall–Kier alpha value is -5.21. The Kier molecular flexibility index (Phi) is 4.86. The Balaban J connectivity index is 1.30. The molecule has 0 unspecified atom stereocenters. The molecule has 0 fully saturated rings. The van der Waals surface area contributed by atoms with Crippen LogP contribution in [0.3, 0.4) is 0 Å². The van der Waals surface area contributed by atoms with Gasteiger partial charge in [-0.2, -0.15) is 0 Å². The topological polar surface area (TPSA) is 26.0 Å². The average molecular weight is 498 g/mol. The van der Waals surface area contributed by atoms with E-state index in [0.29, 0.717) is 0 Å². The minimum absolute atomic E-state index is 0.882. The van der Waals surface area contributed by atoms with Gasteiger partial charge in [0, 0.05) is 28.1 Å². The molecule has 39 heavy (non-hydrogen) atoms. The molecule has 0 amide bonds. The quantitative estimate of drug-likeness (QED) is 0.227. The Morgan fingerprint density at radius 3 is 1.56 bits per heavy atom. The second-order valence-electron chi connectivity index (χ2n) is 9.95. The lowest BCUT2D eigenvalue weighted by Crippen LogP contribution is -1.91. The Labute approximate surface area is 225 Å². The number of nitrogens with zero attached hydrogens (tertiary/aromatic N) is 1. The third-order valence-electron chi connectivity index (χ3n) is 7.72. The van der Waals surface area contributed by atoms with Gasteiger partial charge in [-0.15, -0.1) is 0 Å². The van der Waals surface area contributed by atoms with E-state index in [2.05, 4.69) is 115 Å². The zero-order chi connectivity index (χ0) is 25.8. The number of furan rings is 1. The highest BCUT2D eigenvalue weighted by Crippen LogP contribution is 2.43. The molecule has 0 atom stereocenters. The molecular formula is C37H23NO. The number of hydrogen-bond donors (Lipinski definition) is 0. The highest BCUT2D eigenvalue weighted by Gasteiger charge is 2.17. The van der Waals surface area contributed by atoms with Gasteiger partial charge in [0.25, 0.3) is 0 Å². The lowest BCUT2D eigenvalue weighted by molar-refractivity contribution is 0.669. The largest absolute Gasteiger partial charge is 0.456 e. The van der Waals surface area contributed by atoms with E-state index < -0.39 is 0 Å². The van der Waals surface area contributed by atoms with Crippen molar-refractivity contribution in [1.82, 2.24) is 4.98 Å². The highest BCUT2D eigenvalue weighted by molar-refractivity contribution is 6.21. The first-order valence-corrected chi connectivity index (χ1v) is 13.2. The van der Waals surface area contributed by atoms with Crippen molar-refractivity contribution in [3.8, 4) is 33.5 Å². The maximum atomic E-state index is 6.12. The number of benzene rings is 6. The van der Waals surface area contributed by atoms with Crippen molar-refractivity contribution in [2.24, 2.45) is 0 Å². The van der Waals surface area contributed by atoms with Crippen molar-refractivity contribution < 1.29 is 4.42 Å². The van der Waals surface area contributed by atoms with Gasteiger partial charge in [0.05, 0.1) is 5.69 Å². The van der Waals surface area contributed by atoms with Gasteiger partial charge in [0.2, 0.25) is 0 Å². The summed E-state index contributed by atoms with van der Waals surface area (Å²) >= 11 is 0. The molecule has 8 aromatic rings. The second-order valence-corrected chi connectivity index (χ2v) is 9.95. The van der Waals surface area contributed by atoms with Crippen LogP contribution in [0.5, 0.6) is 0 Å². The fourth-order valence-corrected chi connectivity index (χ4v) is 5.95. The Bertz CT molecular complexity index is 2100. The summed E-state index contributed by atoms with van der Waals surface area (Å²) in [5, 5.41) is 7.22. The monoisotopic (exact) mass is 497 g/mol. The molecule has 0 saturated carbocycles. The molecule has 8 rings (SSSR count). The molecule has 6 aromatic carbocycles. The van der Waals surface area contributed by atoms with E-state index in [0.717, 1.165) is 38.8 Å². The van der Waals surface area contributed by atoms with E-state index in [1.54, 1.807) is 0 Å². The van der Waals surface area contributed by atoms with E-state index in [-0.39, 0.29) is 0 Å². The molecule has 0 aliphatic heterocycles. The third kappa shape index (κ3) is 3.46. The number of pyridine rings is 1. The molecule has 2 aromatic heterocycles. The van der Waals surface area contributed by atoms with Crippen LogP contribution >= 0.6 is 0 Å². The standard InChI is InChI=1S/C37H23NO/c1-2-10-24(11-3-1)36-29-13-4-6-15-31(29)37(32-16-7-5-14-30(32)36)26-19-21-33(38-23-26)25-18-20-28-27-12-8-9-17-34(27)39-35(28)22-25/h1-23H. The van der Waals surface area contributed by atoms with Crippen LogP contribution in [-0.2, 0) is 0 Å². The summed E-state index contributed by atoms with van der Waals surface area (Å²) in [7, 11) is 0. The fourth-order valence-electron chi connectivity index (χ4n) is 5.95. The predicted molar refractivity (Wildman–Crippen MR) is 163 cm³/mol. The summed E-state index contributed by atoms with van der Waals surface area (Å²) in [4.78, 5) is 4.94. The van der Waals surface area contributed by atoms with Crippen molar-refractivity contribution in [2.45, 2.75) is 0 Å². The molecule has 0 spiro atoms. The van der Waals surface area contributed by atoms with Gasteiger partial charge in [-0.1, -0.05) is 109 Å². The first-order chi connectivity index (χ1) is 19.3. The van der Waals surface area contributed by atoms with Crippen LogP contribution in [0.25, 0.3) is 77.0 Å². The summed E-state index contributed by atoms with van der Waals surface area (Å²) in [6.07, 6.45) is 2.01. The van der Waals surface area contributed by atoms with E-state index in [4.69, 9.17) is 9.40 Å². The molecule has 0 bridgehead atoms. The van der Waals surface area contributed by atoms with Crippen LogP contribution < -0.4 is 0 Å². The Morgan fingerprint density at radius 1 is 0.385 bits per heavy atom. The minimum Gasteiger partial charge on any atom is -0.456 e. The molecule has 0 radical (unpaired) electrons. The smallest absolute Gasteiger partial charge is 0.136 e. The maximum absolute atomic E-state index is 6.12. The number of rotatable bonds is 3. The molecular weight excluding hydrogens is 474 g/mol. The van der Waals surface area contributed by atoms with Crippen LogP contribution in [0, 0.1) is 0 Å². The molecule has 0 aliphatic carbocycles. The highest BCUT2D eigenvalue weighted by atomic mass is 16.3. The normalized spacial score (nSPS) is 11.6. The number of aromatic nitrogens is 1. The van der Waals surface area contributed by atoms with Crippen LogP contribution in [0.15, 0.2) is 144 Å². The van der Waals surface area contributed by atoms with Gasteiger partial charge in [-0.25, -0.2) is 0 Å². The molecule has 0 saturated heterocycles. The summed E-state index contributed by atoms with van der Waals surface area (Å²) in [6.45, 7) is 0. The summed E-state index contributed by atoms with van der Waals surface area (Å²) in [5.41, 5.74) is 8.58. The SMILES string of the molecule is c1ccc(-c2c3ccccc3c(-c3ccc(-c4ccc5c(c4)oc4ccccc45)nc3)c3ccccc23)cc1. The molecule has 2 heteroatoms. The van der Waals surface area contributed by atoms with Crippen molar-refractivity contribution in [1.29, 1.82) is 0 Å². The maximum Gasteiger partial charge on any atom is 0.136 e. The van der Waals surface area contributed by atoms with Gasteiger partial charge >= 0.3 is 0 Å². The third-order valence-corrected chi connectivity index (χ3v) is 7.72. The van der Waals surface area contributed by atoms with Gasteiger partial charge in [-0.3, -0.25) is 4.98 Å². The molecule has 2 heterocycles. The van der Waals surface area contributed by atoms with Gasteiger partial charge in [0.15, 0.2) is 0 Å². The van der Waals surface area contributed by atoms with Crippen molar-refractivity contribution in [3.05, 3.63) is 140 Å². The minimum atomic E-state index is 0.882. The van der Waals surface area contributed by atoms with Crippen molar-refractivity contribution in [3.63, 3.8) is 0 Å². The second kappa shape index (κ2) is 8.68. The number of hydrogen-bond acceptors (Lipinski definition) is 2. The van der Waals surface area contributed by atoms with Gasteiger partial charge < -0.3 is 4.42 Å². The number of fused-ring (bicyclic) bond motifs is 5. The first-order valence-electron chi connectivity index (χ1n) is 13.2. The summed E-state index contributed by atoms with van der Waals surface area (Å²) in [6, 6.07) is 47.0. The molecule has 0 N–H and O–H groups in total. The predicted octanol–water partition coefficient (Wildman–Crippen LogP) is 10.3. The molecule has 0 aliphatic rings. The molecule has 182 valence electrons. The van der Waals surface area contributed by atoms with Crippen molar-refractivity contribution >= 4 is 43.5 Å². The van der Waals surface area contributed by atoms with E-state index in [1.165, 1.54) is 38.2 Å². The zero-order valence-electron chi connectivity index (χ0n) is 21.1. The zero-order valence-corrected chi connectivity index (χ0v) is 21.1. The first kappa shape index (κ1) is 21.8. The van der Waals surface area contributed by atoms with E-state index in [1.807, 2.05) is 24.4 Å². The summed E-state index contributed by atoms with van der Waals surface area (Å²) in [5.74, 6) is 0. The van der Waals surface area contributed by atoms with Crippen LogP contribution in [0.2, 0.25) is 0 Å². The lowest BCUT2D eigenvalue weighted by Gasteiger charge is -2.17. The lowest BCUT2D eigenvalue weighted by atomic mass is 9.86. The van der Waals surface area contributed by atoms with Crippen molar-refractivity contribution in [2.75, 3.05) is 0 Å². The fraction of sp³-hybridized carbons (Fsp3) is 0. The Morgan fingerprint density at radius 2 is 0.923 bits per heavy atom. The van der Waals surface area contributed by atoms with E-state index >= 15 is 0 Å². The van der Waals surface area contributed by atoms with Crippen LogP contribution in [0.4, 0.5) is 0 Å². The average Bonchev–Trinajstić information content (AvgIpc) is 3.38. The van der Waals surface area contributed by atoms with E-state index in [9.17, 15) is 0 Å². The van der Waals surface area contributed by atoms with Crippen LogP contribution in [0.1, 0.15) is 0 Å². The number of para-hydroxylation sites is 1. The van der Waals surface area contributed by atoms with Crippen LogP contribution in [-0.4, -0.2) is 4.98 Å². The van der Waals surface area contributed by atoms with Gasteiger partial charge in [-0.05, 0) is 62.5 Å². The molecule has 2 nitrogen and oxygen atoms in total.